The van der Waals surface area contributed by atoms with E-state index in [1.165, 1.54) is 5.06 Å². The normalized spacial score (nSPS) is 25.3. The van der Waals surface area contributed by atoms with E-state index in [4.69, 9.17) is 5.21 Å². The van der Waals surface area contributed by atoms with Gasteiger partial charge in [0, 0.05) is 0 Å². The number of nitrogens with zero attached hydrogens (tertiary/aromatic N) is 1. The van der Waals surface area contributed by atoms with E-state index in [0.717, 1.165) is 18.5 Å². The average molecular weight is 167 g/mol. The van der Waals surface area contributed by atoms with Crippen LogP contribution < -0.4 is 4.33 Å². The molecule has 0 spiro atoms. The molecule has 0 bridgehead atoms. The topological polar surface area (TPSA) is 35.5 Å². The Morgan fingerprint density at radius 2 is 2.57 bits per heavy atom. The second-order valence-corrected chi connectivity index (χ2v) is 3.15. The van der Waals surface area contributed by atoms with E-state index in [1.54, 1.807) is 0 Å². The maximum atomic E-state index is 8.72. The molecule has 1 fully saturated rings. The van der Waals surface area contributed by atoms with Crippen LogP contribution in [0.3, 0.4) is 0 Å². The van der Waals surface area contributed by atoms with Gasteiger partial charge >= 0.3 is 48.3 Å². The number of hydroxylamine groups is 2. The van der Waals surface area contributed by atoms with Crippen molar-refractivity contribution in [1.82, 2.24) is 9.40 Å². The molecule has 0 atom stereocenters. The molecule has 0 unspecified atom stereocenters. The second kappa shape index (κ2) is 2.64. The third kappa shape index (κ3) is 1.76. The van der Waals surface area contributed by atoms with Crippen LogP contribution in [0.15, 0.2) is 0 Å². The van der Waals surface area contributed by atoms with Crippen molar-refractivity contribution >= 4 is 15.2 Å². The van der Waals surface area contributed by atoms with Crippen molar-refractivity contribution in [2.75, 3.05) is 18.5 Å². The van der Waals surface area contributed by atoms with Crippen molar-refractivity contribution in [1.29, 1.82) is 0 Å². The van der Waals surface area contributed by atoms with Crippen LogP contribution in [0, 0.1) is 0 Å². The first-order valence-corrected chi connectivity index (χ1v) is 4.25. The van der Waals surface area contributed by atoms with E-state index in [9.17, 15) is 0 Å². The van der Waals surface area contributed by atoms with Crippen molar-refractivity contribution < 1.29 is 5.21 Å². The molecule has 0 aliphatic carbocycles. The predicted molar refractivity (Wildman–Crippen MR) is 27.1 cm³/mol. The fourth-order valence-corrected chi connectivity index (χ4v) is 1.70. The summed E-state index contributed by atoms with van der Waals surface area (Å²) in [4.78, 5) is 0. The minimum atomic E-state index is 0.451. The first-order valence-electron chi connectivity index (χ1n) is 2.18. The summed E-state index contributed by atoms with van der Waals surface area (Å²) in [5.41, 5.74) is 0.826. The summed E-state index contributed by atoms with van der Waals surface area (Å²) in [6.07, 6.45) is 0. The third-order valence-electron chi connectivity index (χ3n) is 0.788. The zero-order valence-corrected chi connectivity index (χ0v) is 5.64. The molecule has 0 aromatic rings. The summed E-state index contributed by atoms with van der Waals surface area (Å²) in [6.45, 7) is 1.72. The van der Waals surface area contributed by atoms with Gasteiger partial charge in [-0.15, -0.1) is 0 Å². The van der Waals surface area contributed by atoms with Gasteiger partial charge in [-0.3, -0.25) is 0 Å². The summed E-state index contributed by atoms with van der Waals surface area (Å²) in [5.74, 6) is 0. The molecule has 0 radical (unpaired) electrons. The van der Waals surface area contributed by atoms with Crippen LogP contribution in [0.25, 0.3) is 0 Å². The number of rotatable bonds is 0. The van der Waals surface area contributed by atoms with Gasteiger partial charge in [-0.05, 0) is 0 Å². The summed E-state index contributed by atoms with van der Waals surface area (Å²) in [6, 6.07) is 0. The molecule has 1 saturated heterocycles. The Hall–Kier alpha value is 0.399. The van der Waals surface area contributed by atoms with E-state index < -0.39 is 0 Å². The van der Waals surface area contributed by atoms with Gasteiger partial charge in [0.05, 0.1) is 0 Å². The van der Waals surface area contributed by atoms with Crippen LogP contribution in [-0.2, 0) is 0 Å². The molecule has 3 nitrogen and oxygen atoms in total. The molecule has 1 aliphatic rings. The van der Waals surface area contributed by atoms with Gasteiger partial charge in [-0.1, -0.05) is 0 Å². The van der Waals surface area contributed by atoms with Crippen molar-refractivity contribution in [3.05, 3.63) is 0 Å². The molecule has 0 aromatic carbocycles. The van der Waals surface area contributed by atoms with Crippen molar-refractivity contribution in [2.45, 2.75) is 0 Å². The van der Waals surface area contributed by atoms with Crippen molar-refractivity contribution in [3.8, 4) is 0 Å². The maximum absolute atomic E-state index is 8.72. The van der Waals surface area contributed by atoms with Crippen molar-refractivity contribution in [2.24, 2.45) is 0 Å². The first kappa shape index (κ1) is 5.53. The predicted octanol–water partition coefficient (Wildman–Crippen LogP) is -1.14. The molecule has 0 saturated carbocycles. The molecular formula is C3H8N2OSe. The molecule has 1 rings (SSSR count). The first-order chi connectivity index (χ1) is 3.39. The van der Waals surface area contributed by atoms with Gasteiger partial charge < -0.3 is 0 Å². The second-order valence-electron chi connectivity index (χ2n) is 1.40. The Labute approximate surface area is 49.0 Å². The average Bonchev–Trinajstić information content (AvgIpc) is 1.69. The van der Waals surface area contributed by atoms with Gasteiger partial charge in [-0.25, -0.2) is 0 Å². The van der Waals surface area contributed by atoms with E-state index in [-0.39, 0.29) is 0 Å². The van der Waals surface area contributed by atoms with Crippen LogP contribution in [0.2, 0.25) is 0 Å². The molecule has 0 aromatic heterocycles. The zero-order valence-electron chi connectivity index (χ0n) is 3.92. The standard InChI is InChI=1S/C3H8N2OSe/c6-5-2-1-4-7-3-5/h4,6H,1-3H2. The summed E-state index contributed by atoms with van der Waals surface area (Å²) in [7, 11) is 0. The fraction of sp³-hybridized carbons (Fsp3) is 1.00. The molecule has 2 N–H and O–H groups in total. The number of nitrogens with one attached hydrogen (secondary N) is 1. The quantitative estimate of drug-likeness (QED) is 0.447. The molecule has 1 heterocycles. The zero-order chi connectivity index (χ0) is 5.11. The fourth-order valence-electron chi connectivity index (χ4n) is 0.432. The molecule has 1 aliphatic heterocycles. The van der Waals surface area contributed by atoms with Crippen LogP contribution >= 0.6 is 0 Å². The molecule has 42 valence electrons. The Bertz CT molecular complexity index is 54.9. The Morgan fingerprint density at radius 3 is 2.86 bits per heavy atom. The molecule has 0 amide bonds. The SMILES string of the molecule is ON1CCN[Se]C1. The van der Waals surface area contributed by atoms with Crippen LogP contribution in [0.5, 0.6) is 0 Å². The van der Waals surface area contributed by atoms with Gasteiger partial charge in [-0.2, -0.15) is 0 Å². The summed E-state index contributed by atoms with van der Waals surface area (Å²) >= 11 is 0.451. The van der Waals surface area contributed by atoms with Gasteiger partial charge in [0.2, 0.25) is 0 Å². The monoisotopic (exact) mass is 168 g/mol. The third-order valence-corrected chi connectivity index (χ3v) is 2.54. The molecule has 7 heavy (non-hydrogen) atoms. The Kier molecular flexibility index (Phi) is 2.09. The van der Waals surface area contributed by atoms with Gasteiger partial charge in [0.15, 0.2) is 0 Å². The van der Waals surface area contributed by atoms with E-state index in [1.807, 2.05) is 0 Å². The Balaban J connectivity index is 2.12. The summed E-state index contributed by atoms with van der Waals surface area (Å²) in [5, 5.41) is 10.1. The number of hydrogen-bond acceptors (Lipinski definition) is 3. The van der Waals surface area contributed by atoms with Crippen molar-refractivity contribution in [3.63, 3.8) is 0 Å². The van der Waals surface area contributed by atoms with E-state index >= 15 is 0 Å². The van der Waals surface area contributed by atoms with Crippen LogP contribution in [0.4, 0.5) is 0 Å². The van der Waals surface area contributed by atoms with Gasteiger partial charge in [0.1, 0.15) is 0 Å². The molecule has 4 heteroatoms. The van der Waals surface area contributed by atoms with Crippen LogP contribution in [0.1, 0.15) is 0 Å². The minimum absolute atomic E-state index is 0.451. The number of hydrogen-bond donors (Lipinski definition) is 2. The van der Waals surface area contributed by atoms with E-state index in [2.05, 4.69) is 4.33 Å². The Morgan fingerprint density at radius 1 is 1.71 bits per heavy atom. The van der Waals surface area contributed by atoms with Gasteiger partial charge in [0.25, 0.3) is 0 Å². The summed E-state index contributed by atoms with van der Waals surface area (Å²) < 4.78 is 3.18. The van der Waals surface area contributed by atoms with E-state index in [0.29, 0.717) is 15.2 Å². The van der Waals surface area contributed by atoms with Crippen LogP contribution in [-0.4, -0.2) is 44.0 Å². The molecular weight excluding hydrogens is 159 g/mol.